The molecule has 10 atom stereocenters. The van der Waals surface area contributed by atoms with Crippen LogP contribution in [-0.4, -0.2) is 98.3 Å². The Balaban J connectivity index is 1.04. The highest BCUT2D eigenvalue weighted by molar-refractivity contribution is 5.05. The molecule has 8 heteroatoms. The highest BCUT2D eigenvalue weighted by Crippen LogP contribution is 2.40. The molecule has 7 rings (SSSR count). The molecule has 1 saturated carbocycles. The molecule has 0 bridgehead atoms. The predicted molar refractivity (Wildman–Crippen MR) is 196 cm³/mol. The zero-order valence-electron chi connectivity index (χ0n) is 30.6. The van der Waals surface area contributed by atoms with Crippen LogP contribution in [0.2, 0.25) is 0 Å². The highest BCUT2D eigenvalue weighted by Gasteiger charge is 2.47. The van der Waals surface area contributed by atoms with Gasteiger partial charge in [-0.05, 0) is 133 Å². The van der Waals surface area contributed by atoms with Crippen LogP contribution in [0.25, 0.3) is 0 Å². The molecule has 7 aliphatic rings. The van der Waals surface area contributed by atoms with Gasteiger partial charge in [-0.25, -0.2) is 0 Å². The van der Waals surface area contributed by atoms with Crippen molar-refractivity contribution in [2.24, 2.45) is 17.3 Å². The van der Waals surface area contributed by atoms with E-state index in [-0.39, 0.29) is 0 Å². The Kier molecular flexibility index (Phi) is 12.2. The molecule has 0 aromatic heterocycles. The lowest BCUT2D eigenvalue weighted by Gasteiger charge is -2.55. The zero-order chi connectivity index (χ0) is 32.2. The first-order chi connectivity index (χ1) is 22.9. The van der Waals surface area contributed by atoms with Gasteiger partial charge in [0.25, 0.3) is 0 Å². The Morgan fingerprint density at radius 3 is 1.49 bits per heavy atom. The van der Waals surface area contributed by atoms with E-state index in [1.54, 1.807) is 0 Å². The third-order valence-electron chi connectivity index (χ3n) is 13.7. The van der Waals surface area contributed by atoms with Crippen molar-refractivity contribution < 1.29 is 0 Å². The van der Waals surface area contributed by atoms with Crippen LogP contribution in [0, 0.1) is 17.3 Å². The van der Waals surface area contributed by atoms with E-state index >= 15 is 0 Å². The smallest absolute Gasteiger partial charge is 0.0760 e. The molecule has 0 radical (unpaired) electrons. The average Bonchev–Trinajstić information content (AvgIpc) is 3.12. The molecule has 47 heavy (non-hydrogen) atoms. The molecule has 0 amide bonds. The van der Waals surface area contributed by atoms with Gasteiger partial charge in [0.15, 0.2) is 0 Å². The van der Waals surface area contributed by atoms with Gasteiger partial charge in [-0.2, -0.15) is 0 Å². The van der Waals surface area contributed by atoms with Crippen molar-refractivity contribution in [3.8, 4) is 0 Å². The van der Waals surface area contributed by atoms with E-state index in [0.29, 0.717) is 66.1 Å². The van der Waals surface area contributed by atoms with Crippen molar-refractivity contribution >= 4 is 0 Å². The van der Waals surface area contributed by atoms with E-state index < -0.39 is 0 Å². The number of nitrogens with zero attached hydrogens (tertiary/aromatic N) is 1. The number of hydrogen-bond donors (Lipinski definition) is 7. The summed E-state index contributed by atoms with van der Waals surface area (Å²) in [4.78, 5) is 2.96. The minimum Gasteiger partial charge on any atom is -0.312 e. The largest absolute Gasteiger partial charge is 0.312 e. The van der Waals surface area contributed by atoms with Crippen LogP contribution < -0.4 is 37.2 Å². The molecule has 0 aromatic rings. The van der Waals surface area contributed by atoms with Gasteiger partial charge in [-0.3, -0.25) is 20.9 Å². The Morgan fingerprint density at radius 1 is 0.468 bits per heavy atom. The molecular weight excluding hydrogens is 580 g/mol. The highest BCUT2D eigenvalue weighted by atomic mass is 15.4. The first-order valence-corrected chi connectivity index (χ1v) is 20.9. The summed E-state index contributed by atoms with van der Waals surface area (Å²) in [6, 6.07) is 4.99. The molecule has 0 spiro atoms. The van der Waals surface area contributed by atoms with Crippen LogP contribution in [0.3, 0.4) is 0 Å². The maximum Gasteiger partial charge on any atom is 0.0760 e. The molecule has 10 unspecified atom stereocenters. The van der Waals surface area contributed by atoms with Crippen LogP contribution in [0.5, 0.6) is 0 Å². The van der Waals surface area contributed by atoms with Gasteiger partial charge in [0, 0.05) is 54.9 Å². The summed E-state index contributed by atoms with van der Waals surface area (Å²) >= 11 is 0. The van der Waals surface area contributed by atoms with Crippen molar-refractivity contribution in [3.05, 3.63) is 0 Å². The van der Waals surface area contributed by atoms with E-state index in [1.165, 1.54) is 148 Å². The van der Waals surface area contributed by atoms with Gasteiger partial charge in [-0.15, -0.1) is 0 Å². The second-order valence-electron chi connectivity index (χ2n) is 18.4. The molecular formula is C39H74N8. The van der Waals surface area contributed by atoms with Crippen LogP contribution in [0.15, 0.2) is 0 Å². The standard InChI is InChI=1S/C39H74N8/c1-39(2,3)26-47-36(30-13-5-9-21-41-30)25-34(46-38(47)32-15-7-11-23-43-32)28-18-16-27(17-19-28)33-24-35(29-12-4-8-20-40-29)45-37(44-33)31-14-6-10-22-42-31/h27-38,40-46H,4-26H2,1-3H3. The monoisotopic (exact) mass is 655 g/mol. The predicted octanol–water partition coefficient (Wildman–Crippen LogP) is 4.41. The third-order valence-corrected chi connectivity index (χ3v) is 13.7. The molecule has 6 saturated heterocycles. The van der Waals surface area contributed by atoms with Gasteiger partial charge < -0.3 is 21.3 Å². The van der Waals surface area contributed by atoms with E-state index in [0.717, 1.165) is 11.8 Å². The van der Waals surface area contributed by atoms with Crippen molar-refractivity contribution in [1.29, 1.82) is 0 Å². The number of rotatable bonds is 7. The third kappa shape index (κ3) is 8.95. The first-order valence-electron chi connectivity index (χ1n) is 20.9. The zero-order valence-corrected chi connectivity index (χ0v) is 30.6. The van der Waals surface area contributed by atoms with Crippen molar-refractivity contribution in [2.75, 3.05) is 32.7 Å². The SMILES string of the molecule is CC(C)(C)CN1C(C2CCCCN2)CC(C2CCC(C3CC(C4CCCCN4)NC(C4CCCCN4)N3)CC2)NC1C1CCCCN1. The summed E-state index contributed by atoms with van der Waals surface area (Å²) in [5.74, 6) is 1.63. The van der Waals surface area contributed by atoms with E-state index in [2.05, 4.69) is 62.9 Å². The molecule has 7 N–H and O–H groups in total. The van der Waals surface area contributed by atoms with Crippen LogP contribution in [-0.2, 0) is 0 Å². The second kappa shape index (κ2) is 16.4. The summed E-state index contributed by atoms with van der Waals surface area (Å²) in [5, 5.41) is 28.7. The molecule has 270 valence electrons. The average molecular weight is 655 g/mol. The summed E-state index contributed by atoms with van der Waals surface area (Å²) in [7, 11) is 0. The Bertz CT molecular complexity index is 870. The Labute approximate surface area is 288 Å². The summed E-state index contributed by atoms with van der Waals surface area (Å²) < 4.78 is 0. The summed E-state index contributed by atoms with van der Waals surface area (Å²) in [6.07, 6.45) is 25.3. The fourth-order valence-corrected chi connectivity index (χ4v) is 11.3. The summed E-state index contributed by atoms with van der Waals surface area (Å²) in [5.41, 5.74) is 0.296. The lowest BCUT2D eigenvalue weighted by atomic mass is 9.71. The number of hydrogen-bond acceptors (Lipinski definition) is 8. The van der Waals surface area contributed by atoms with Gasteiger partial charge in [0.2, 0.25) is 0 Å². The van der Waals surface area contributed by atoms with Crippen molar-refractivity contribution in [1.82, 2.24) is 42.1 Å². The van der Waals surface area contributed by atoms with E-state index in [1.807, 2.05) is 0 Å². The van der Waals surface area contributed by atoms with E-state index in [9.17, 15) is 0 Å². The van der Waals surface area contributed by atoms with Crippen LogP contribution in [0.4, 0.5) is 0 Å². The lowest BCUT2D eigenvalue weighted by Crippen LogP contribution is -2.72. The maximum absolute atomic E-state index is 4.42. The fraction of sp³-hybridized carbons (Fsp3) is 1.00. The second-order valence-corrected chi connectivity index (χ2v) is 18.4. The fourth-order valence-electron chi connectivity index (χ4n) is 11.3. The van der Waals surface area contributed by atoms with Gasteiger partial charge in [0.05, 0.1) is 12.3 Å². The molecule has 1 aliphatic carbocycles. The molecule has 6 heterocycles. The number of nitrogens with one attached hydrogen (secondary N) is 7. The van der Waals surface area contributed by atoms with Crippen LogP contribution in [0.1, 0.15) is 136 Å². The maximum atomic E-state index is 4.42. The molecule has 0 aromatic carbocycles. The normalized spacial score (nSPS) is 45.0. The topological polar surface area (TPSA) is 87.5 Å². The molecule has 8 nitrogen and oxygen atoms in total. The van der Waals surface area contributed by atoms with Gasteiger partial charge in [0.1, 0.15) is 0 Å². The van der Waals surface area contributed by atoms with Crippen LogP contribution >= 0.6 is 0 Å². The minimum absolute atomic E-state index is 0.296. The van der Waals surface area contributed by atoms with Crippen molar-refractivity contribution in [3.63, 3.8) is 0 Å². The first kappa shape index (κ1) is 35.1. The Hall–Kier alpha value is -0.320. The summed E-state index contributed by atoms with van der Waals surface area (Å²) in [6.45, 7) is 13.3. The van der Waals surface area contributed by atoms with E-state index in [4.69, 9.17) is 0 Å². The minimum atomic E-state index is 0.296. The Morgan fingerprint density at radius 2 is 0.957 bits per heavy atom. The van der Waals surface area contributed by atoms with Gasteiger partial charge >= 0.3 is 0 Å². The number of piperidine rings is 4. The lowest BCUT2D eigenvalue weighted by molar-refractivity contribution is -0.0360. The van der Waals surface area contributed by atoms with Gasteiger partial charge in [-0.1, -0.05) is 46.5 Å². The molecule has 6 aliphatic heterocycles. The van der Waals surface area contributed by atoms with Crippen molar-refractivity contribution in [2.45, 2.75) is 197 Å². The molecule has 7 fully saturated rings. The quantitative estimate of drug-likeness (QED) is 0.218.